The maximum Gasteiger partial charge on any atom is 0.256 e. The third-order valence-corrected chi connectivity index (χ3v) is 3.93. The fourth-order valence-electron chi connectivity index (χ4n) is 2.11. The second-order valence-corrected chi connectivity index (χ2v) is 5.43. The molecule has 0 spiro atoms. The van der Waals surface area contributed by atoms with Crippen LogP contribution in [0.5, 0.6) is 0 Å². The molecule has 1 aromatic carbocycles. The van der Waals surface area contributed by atoms with Crippen molar-refractivity contribution in [2.45, 2.75) is 5.22 Å². The molecule has 1 aromatic heterocycles. The molecule has 0 radical (unpaired) electrons. The number of para-hydroxylation sites is 2. The molecule has 1 fully saturated rings. The van der Waals surface area contributed by atoms with Crippen LogP contribution in [-0.2, 0) is 0 Å². The summed E-state index contributed by atoms with van der Waals surface area (Å²) in [5, 5.41) is 4.14. The first-order valence-electron chi connectivity index (χ1n) is 6.33. The summed E-state index contributed by atoms with van der Waals surface area (Å²) >= 11 is 1.70. The van der Waals surface area contributed by atoms with Crippen LogP contribution in [0.25, 0.3) is 11.1 Å². The number of nitrogens with zero attached hydrogens (tertiary/aromatic N) is 2. The van der Waals surface area contributed by atoms with Gasteiger partial charge < -0.3 is 9.73 Å². The predicted molar refractivity (Wildman–Crippen MR) is 74.0 cm³/mol. The SMILES string of the molecule is c1ccc2oc(SCCN3CCNCC3)nc2c1. The fourth-order valence-corrected chi connectivity index (χ4v) is 2.95. The lowest BCUT2D eigenvalue weighted by molar-refractivity contribution is 0.255. The Morgan fingerprint density at radius 3 is 2.94 bits per heavy atom. The molecule has 1 N–H and O–H groups in total. The van der Waals surface area contributed by atoms with Crippen molar-refractivity contribution in [2.24, 2.45) is 0 Å². The highest BCUT2D eigenvalue weighted by Crippen LogP contribution is 2.22. The third-order valence-electron chi connectivity index (χ3n) is 3.12. The molecule has 18 heavy (non-hydrogen) atoms. The Balaban J connectivity index is 1.53. The Morgan fingerprint density at radius 1 is 1.28 bits per heavy atom. The first-order chi connectivity index (χ1) is 8.92. The van der Waals surface area contributed by atoms with Gasteiger partial charge in [0.1, 0.15) is 5.52 Å². The number of aromatic nitrogens is 1. The zero-order valence-electron chi connectivity index (χ0n) is 10.3. The number of fused-ring (bicyclic) bond motifs is 1. The molecule has 0 aliphatic carbocycles. The number of hydrogen-bond donors (Lipinski definition) is 1. The minimum Gasteiger partial charge on any atom is -0.431 e. The molecule has 0 unspecified atom stereocenters. The van der Waals surface area contributed by atoms with Gasteiger partial charge in [-0.3, -0.25) is 4.90 Å². The van der Waals surface area contributed by atoms with Gasteiger partial charge in [0.15, 0.2) is 5.58 Å². The lowest BCUT2D eigenvalue weighted by atomic mass is 10.3. The minimum atomic E-state index is 0.784. The van der Waals surface area contributed by atoms with E-state index in [0.29, 0.717) is 0 Å². The van der Waals surface area contributed by atoms with Gasteiger partial charge in [-0.2, -0.15) is 0 Å². The van der Waals surface area contributed by atoms with E-state index >= 15 is 0 Å². The maximum atomic E-state index is 5.68. The van der Waals surface area contributed by atoms with E-state index in [9.17, 15) is 0 Å². The van der Waals surface area contributed by atoms with Crippen molar-refractivity contribution in [3.8, 4) is 0 Å². The summed E-state index contributed by atoms with van der Waals surface area (Å²) in [5.41, 5.74) is 1.82. The van der Waals surface area contributed by atoms with E-state index < -0.39 is 0 Å². The third kappa shape index (κ3) is 2.85. The highest BCUT2D eigenvalue weighted by Gasteiger charge is 2.10. The maximum absolute atomic E-state index is 5.68. The highest BCUT2D eigenvalue weighted by atomic mass is 32.2. The van der Waals surface area contributed by atoms with Crippen molar-refractivity contribution in [1.29, 1.82) is 0 Å². The fraction of sp³-hybridized carbons (Fsp3) is 0.462. The molecule has 96 valence electrons. The van der Waals surface area contributed by atoms with Gasteiger partial charge in [-0.05, 0) is 12.1 Å². The average Bonchev–Trinajstić information content (AvgIpc) is 2.82. The zero-order valence-corrected chi connectivity index (χ0v) is 11.1. The number of oxazole rings is 1. The van der Waals surface area contributed by atoms with Gasteiger partial charge in [-0.15, -0.1) is 0 Å². The quantitative estimate of drug-likeness (QED) is 0.852. The summed E-state index contributed by atoms with van der Waals surface area (Å²) in [6.45, 7) is 5.61. The lowest BCUT2D eigenvalue weighted by Crippen LogP contribution is -2.44. The van der Waals surface area contributed by atoms with Gasteiger partial charge in [0.25, 0.3) is 5.22 Å². The standard InChI is InChI=1S/C13H17N3OS/c1-2-4-12-11(3-1)15-13(17-12)18-10-9-16-7-5-14-6-8-16/h1-4,14H,5-10H2. The predicted octanol–water partition coefficient (Wildman–Crippen LogP) is 1.83. The van der Waals surface area contributed by atoms with E-state index in [-0.39, 0.29) is 0 Å². The van der Waals surface area contributed by atoms with Crippen molar-refractivity contribution >= 4 is 22.9 Å². The molecular weight excluding hydrogens is 246 g/mol. The van der Waals surface area contributed by atoms with Crippen LogP contribution in [-0.4, -0.2) is 48.4 Å². The first kappa shape index (κ1) is 12.0. The average molecular weight is 263 g/mol. The molecule has 2 heterocycles. The smallest absolute Gasteiger partial charge is 0.256 e. The van der Waals surface area contributed by atoms with Gasteiger partial charge in [0.05, 0.1) is 0 Å². The Hall–Kier alpha value is -1.04. The molecule has 0 atom stereocenters. The number of benzene rings is 1. The number of rotatable bonds is 4. The van der Waals surface area contributed by atoms with Gasteiger partial charge in [0.2, 0.25) is 0 Å². The minimum absolute atomic E-state index is 0.784. The number of thioether (sulfide) groups is 1. The van der Waals surface area contributed by atoms with Crippen molar-refractivity contribution in [3.63, 3.8) is 0 Å². The molecule has 1 aliphatic rings. The van der Waals surface area contributed by atoms with Crippen LogP contribution in [0.3, 0.4) is 0 Å². The summed E-state index contributed by atoms with van der Waals surface area (Å²) < 4.78 is 5.68. The van der Waals surface area contributed by atoms with Crippen molar-refractivity contribution in [2.75, 3.05) is 38.5 Å². The summed E-state index contributed by atoms with van der Waals surface area (Å²) in [4.78, 5) is 6.94. The van der Waals surface area contributed by atoms with Crippen LogP contribution >= 0.6 is 11.8 Å². The highest BCUT2D eigenvalue weighted by molar-refractivity contribution is 7.99. The van der Waals surface area contributed by atoms with Gasteiger partial charge in [-0.25, -0.2) is 4.98 Å². The Labute approximate surface area is 111 Å². The van der Waals surface area contributed by atoms with Gasteiger partial charge >= 0.3 is 0 Å². The van der Waals surface area contributed by atoms with Crippen molar-refractivity contribution < 1.29 is 4.42 Å². The summed E-state index contributed by atoms with van der Waals surface area (Å²) in [5.74, 6) is 1.03. The summed E-state index contributed by atoms with van der Waals surface area (Å²) in [6.07, 6.45) is 0. The monoisotopic (exact) mass is 263 g/mol. The molecule has 0 bridgehead atoms. The second-order valence-electron chi connectivity index (χ2n) is 4.39. The lowest BCUT2D eigenvalue weighted by Gasteiger charge is -2.26. The zero-order chi connectivity index (χ0) is 12.2. The molecule has 1 saturated heterocycles. The van der Waals surface area contributed by atoms with Gasteiger partial charge in [0, 0.05) is 38.5 Å². The molecule has 3 rings (SSSR count). The van der Waals surface area contributed by atoms with E-state index in [4.69, 9.17) is 4.42 Å². The van der Waals surface area contributed by atoms with Crippen LogP contribution in [0.2, 0.25) is 0 Å². The molecule has 0 saturated carbocycles. The van der Waals surface area contributed by atoms with Crippen LogP contribution in [0.1, 0.15) is 0 Å². The molecule has 4 nitrogen and oxygen atoms in total. The van der Waals surface area contributed by atoms with E-state index in [2.05, 4.69) is 15.2 Å². The molecule has 0 amide bonds. The van der Waals surface area contributed by atoms with Crippen molar-refractivity contribution in [1.82, 2.24) is 15.2 Å². The van der Waals surface area contributed by atoms with E-state index in [0.717, 1.165) is 54.8 Å². The summed E-state index contributed by atoms with van der Waals surface area (Å²) in [6, 6.07) is 7.91. The van der Waals surface area contributed by atoms with Crippen LogP contribution in [0.15, 0.2) is 33.9 Å². The summed E-state index contributed by atoms with van der Waals surface area (Å²) in [7, 11) is 0. The Kier molecular flexibility index (Phi) is 3.83. The number of piperazine rings is 1. The largest absolute Gasteiger partial charge is 0.431 e. The van der Waals surface area contributed by atoms with Crippen LogP contribution in [0.4, 0.5) is 0 Å². The number of nitrogens with one attached hydrogen (secondary N) is 1. The van der Waals surface area contributed by atoms with Crippen molar-refractivity contribution in [3.05, 3.63) is 24.3 Å². The Bertz CT molecular complexity index is 475. The normalized spacial score (nSPS) is 17.3. The topological polar surface area (TPSA) is 41.3 Å². The van der Waals surface area contributed by atoms with Crippen LogP contribution < -0.4 is 5.32 Å². The second kappa shape index (κ2) is 5.73. The molecule has 2 aromatic rings. The van der Waals surface area contributed by atoms with E-state index in [1.165, 1.54) is 0 Å². The molecule has 1 aliphatic heterocycles. The first-order valence-corrected chi connectivity index (χ1v) is 7.32. The molecular formula is C13H17N3OS. The van der Waals surface area contributed by atoms with Crippen LogP contribution in [0, 0.1) is 0 Å². The Morgan fingerprint density at radius 2 is 2.11 bits per heavy atom. The van der Waals surface area contributed by atoms with Gasteiger partial charge in [-0.1, -0.05) is 23.9 Å². The molecule has 5 heteroatoms. The van der Waals surface area contributed by atoms with E-state index in [1.54, 1.807) is 11.8 Å². The number of hydrogen-bond acceptors (Lipinski definition) is 5. The van der Waals surface area contributed by atoms with E-state index in [1.807, 2.05) is 24.3 Å².